The smallest absolute Gasteiger partial charge is 0.328 e. The number of hydrogen-bond acceptors (Lipinski definition) is 8. The quantitative estimate of drug-likeness (QED) is 0.212. The molecule has 0 saturated heterocycles. The Kier molecular flexibility index (Phi) is 10.6. The first-order valence-electron chi connectivity index (χ1n) is 13.5. The summed E-state index contributed by atoms with van der Waals surface area (Å²) in [6.45, 7) is 7.39. The first kappa shape index (κ1) is 30.5. The SMILES string of the molecule is CC(C)[C@H](N)C(=O)Oc1ccc(/C=C/C(=O)C2=C(O)/C(=C/c3ccc(OC(=O)[C@@H](N)C(C)C)cc3)CCC2)cc1. The number of carbonyl (C=O) groups excluding carboxylic acids is 3. The maximum Gasteiger partial charge on any atom is 0.328 e. The lowest BCUT2D eigenvalue weighted by Crippen LogP contribution is -2.38. The van der Waals surface area contributed by atoms with Gasteiger partial charge in [-0.3, -0.25) is 4.79 Å². The molecule has 3 rings (SSSR count). The minimum atomic E-state index is -0.703. The third kappa shape index (κ3) is 8.24. The molecule has 40 heavy (non-hydrogen) atoms. The van der Waals surface area contributed by atoms with Crippen molar-refractivity contribution in [2.75, 3.05) is 0 Å². The maximum atomic E-state index is 12.9. The summed E-state index contributed by atoms with van der Waals surface area (Å²) < 4.78 is 10.6. The summed E-state index contributed by atoms with van der Waals surface area (Å²) in [6.07, 6.45) is 6.73. The van der Waals surface area contributed by atoms with E-state index in [4.69, 9.17) is 20.9 Å². The molecule has 1 aliphatic carbocycles. The van der Waals surface area contributed by atoms with Gasteiger partial charge in [0.15, 0.2) is 5.78 Å². The molecular weight excluding hydrogens is 508 g/mol. The van der Waals surface area contributed by atoms with Crippen LogP contribution in [0.3, 0.4) is 0 Å². The molecule has 0 amide bonds. The lowest BCUT2D eigenvalue weighted by Gasteiger charge is -2.17. The van der Waals surface area contributed by atoms with E-state index in [9.17, 15) is 19.5 Å². The molecule has 0 aliphatic heterocycles. The topological polar surface area (TPSA) is 142 Å². The molecule has 0 fully saturated rings. The standard InChI is InChI=1S/C32H38N2O6/c1-19(2)28(33)31(37)39-24-13-8-21(9-14-24)12-17-27(35)26-7-5-6-23(30(26)36)18-22-10-15-25(16-11-22)40-32(38)29(34)20(3)4/h8-20,28-29,36H,5-7,33-34H2,1-4H3/b17-12+,23-18+/t28-,29-/m0/s1. The average Bonchev–Trinajstić information content (AvgIpc) is 2.93. The van der Waals surface area contributed by atoms with Gasteiger partial charge < -0.3 is 26.0 Å². The van der Waals surface area contributed by atoms with E-state index in [0.29, 0.717) is 35.5 Å². The average molecular weight is 547 g/mol. The van der Waals surface area contributed by atoms with E-state index in [-0.39, 0.29) is 23.4 Å². The summed E-state index contributed by atoms with van der Waals surface area (Å²) in [5.74, 6) is -0.578. The zero-order chi connectivity index (χ0) is 29.4. The summed E-state index contributed by atoms with van der Waals surface area (Å²) >= 11 is 0. The number of ether oxygens (including phenoxy) is 2. The molecule has 5 N–H and O–H groups in total. The molecule has 0 spiro atoms. The second-order valence-electron chi connectivity index (χ2n) is 10.6. The van der Waals surface area contributed by atoms with Gasteiger partial charge in [0.05, 0.1) is 0 Å². The van der Waals surface area contributed by atoms with Crippen molar-refractivity contribution < 1.29 is 29.0 Å². The van der Waals surface area contributed by atoms with E-state index in [1.165, 1.54) is 6.08 Å². The van der Waals surface area contributed by atoms with Gasteiger partial charge >= 0.3 is 11.9 Å². The lowest BCUT2D eigenvalue weighted by atomic mass is 9.89. The molecule has 2 aromatic carbocycles. The maximum absolute atomic E-state index is 12.9. The van der Waals surface area contributed by atoms with E-state index in [2.05, 4.69) is 0 Å². The third-order valence-electron chi connectivity index (χ3n) is 6.71. The fraction of sp³-hybridized carbons (Fsp3) is 0.344. The van der Waals surface area contributed by atoms with Gasteiger partial charge in [-0.1, -0.05) is 58.0 Å². The molecule has 8 nitrogen and oxygen atoms in total. The van der Waals surface area contributed by atoms with Crippen molar-refractivity contribution in [1.82, 2.24) is 0 Å². The molecule has 8 heteroatoms. The highest BCUT2D eigenvalue weighted by molar-refractivity contribution is 6.07. The van der Waals surface area contributed by atoms with E-state index >= 15 is 0 Å². The summed E-state index contributed by atoms with van der Waals surface area (Å²) in [5.41, 5.74) is 14.2. The van der Waals surface area contributed by atoms with Gasteiger partial charge in [-0.15, -0.1) is 0 Å². The minimum Gasteiger partial charge on any atom is -0.507 e. The van der Waals surface area contributed by atoms with Crippen LogP contribution in [-0.4, -0.2) is 34.9 Å². The number of benzene rings is 2. The zero-order valence-corrected chi connectivity index (χ0v) is 23.4. The molecule has 0 radical (unpaired) electrons. The third-order valence-corrected chi connectivity index (χ3v) is 6.71. The number of ketones is 1. The summed E-state index contributed by atoms with van der Waals surface area (Å²) in [4.78, 5) is 37.0. The van der Waals surface area contributed by atoms with Crippen molar-refractivity contribution in [1.29, 1.82) is 0 Å². The fourth-order valence-corrected chi connectivity index (χ4v) is 3.93. The second-order valence-corrected chi connectivity index (χ2v) is 10.6. The molecule has 2 atom stereocenters. The van der Waals surface area contributed by atoms with Crippen LogP contribution in [0.2, 0.25) is 0 Å². The largest absolute Gasteiger partial charge is 0.507 e. The molecule has 0 saturated carbocycles. The summed E-state index contributed by atoms with van der Waals surface area (Å²) in [6, 6.07) is 12.2. The van der Waals surface area contributed by atoms with Crippen molar-refractivity contribution in [3.63, 3.8) is 0 Å². The Morgan fingerprint density at radius 1 is 0.775 bits per heavy atom. The monoisotopic (exact) mass is 546 g/mol. The molecular formula is C32H38N2O6. The van der Waals surface area contributed by atoms with Crippen molar-refractivity contribution in [3.05, 3.63) is 82.6 Å². The van der Waals surface area contributed by atoms with Crippen LogP contribution in [-0.2, 0) is 14.4 Å². The van der Waals surface area contributed by atoms with Crippen molar-refractivity contribution >= 4 is 29.9 Å². The number of esters is 2. The second kappa shape index (κ2) is 13.9. The summed E-state index contributed by atoms with van der Waals surface area (Å²) in [5, 5.41) is 10.9. The number of aliphatic hydroxyl groups is 1. The first-order valence-corrected chi connectivity index (χ1v) is 13.5. The van der Waals surface area contributed by atoms with E-state index in [1.54, 1.807) is 54.6 Å². The van der Waals surface area contributed by atoms with Crippen molar-refractivity contribution in [2.24, 2.45) is 23.3 Å². The van der Waals surface area contributed by atoms with Crippen molar-refractivity contribution in [3.8, 4) is 11.5 Å². The highest BCUT2D eigenvalue weighted by Crippen LogP contribution is 2.31. The van der Waals surface area contributed by atoms with Gasteiger partial charge in [-0.2, -0.15) is 0 Å². The van der Waals surface area contributed by atoms with Gasteiger partial charge in [0.2, 0.25) is 0 Å². The van der Waals surface area contributed by atoms with E-state index < -0.39 is 24.0 Å². The van der Waals surface area contributed by atoms with Gasteiger partial charge in [0, 0.05) is 5.57 Å². The van der Waals surface area contributed by atoms with Gasteiger partial charge in [-0.25, -0.2) is 9.59 Å². The van der Waals surface area contributed by atoms with Gasteiger partial charge in [-0.05, 0) is 84.2 Å². The van der Waals surface area contributed by atoms with E-state index in [1.807, 2.05) is 33.8 Å². The Morgan fingerprint density at radius 3 is 1.73 bits per heavy atom. The molecule has 0 aromatic heterocycles. The van der Waals surface area contributed by atoms with Gasteiger partial charge in [0.1, 0.15) is 29.3 Å². The number of aliphatic hydroxyl groups excluding tert-OH is 1. The van der Waals surface area contributed by atoms with Crippen LogP contribution >= 0.6 is 0 Å². The predicted molar refractivity (Wildman–Crippen MR) is 155 cm³/mol. The van der Waals surface area contributed by atoms with Crippen LogP contribution < -0.4 is 20.9 Å². The Labute approximate surface area is 235 Å². The Hall–Kier alpha value is -4.01. The lowest BCUT2D eigenvalue weighted by molar-refractivity contribution is -0.137. The molecule has 1 aliphatic rings. The van der Waals surface area contributed by atoms with Crippen LogP contribution in [0.25, 0.3) is 12.2 Å². The van der Waals surface area contributed by atoms with Gasteiger partial charge in [0.25, 0.3) is 0 Å². The summed E-state index contributed by atoms with van der Waals surface area (Å²) in [7, 11) is 0. The molecule has 2 aromatic rings. The fourth-order valence-electron chi connectivity index (χ4n) is 3.93. The number of carbonyl (C=O) groups is 3. The molecule has 212 valence electrons. The Bertz CT molecular complexity index is 1300. The Balaban J connectivity index is 1.66. The normalized spacial score (nSPS) is 16.4. The minimum absolute atomic E-state index is 0.0111. The Morgan fingerprint density at radius 2 is 1.25 bits per heavy atom. The molecule has 0 heterocycles. The highest BCUT2D eigenvalue weighted by atomic mass is 16.5. The van der Waals surface area contributed by atoms with E-state index in [0.717, 1.165) is 17.5 Å². The number of nitrogens with two attached hydrogens (primary N) is 2. The van der Waals surface area contributed by atoms with Crippen LogP contribution in [0, 0.1) is 11.8 Å². The van der Waals surface area contributed by atoms with Crippen LogP contribution in [0.1, 0.15) is 58.1 Å². The molecule has 0 unspecified atom stereocenters. The zero-order valence-electron chi connectivity index (χ0n) is 23.4. The number of hydrogen-bond donors (Lipinski definition) is 3. The highest BCUT2D eigenvalue weighted by Gasteiger charge is 2.22. The first-order chi connectivity index (χ1) is 19.0. The van der Waals surface area contributed by atoms with Crippen LogP contribution in [0.4, 0.5) is 0 Å². The molecule has 0 bridgehead atoms. The predicted octanol–water partition coefficient (Wildman–Crippen LogP) is 5.13. The number of rotatable bonds is 10. The number of allylic oxidation sites excluding steroid dienone is 3. The van der Waals surface area contributed by atoms with Crippen LogP contribution in [0.5, 0.6) is 11.5 Å². The van der Waals surface area contributed by atoms with Crippen molar-refractivity contribution in [2.45, 2.75) is 59.0 Å². The van der Waals surface area contributed by atoms with Crippen LogP contribution in [0.15, 0.2) is 71.5 Å².